The number of hydrogen-bond acceptors (Lipinski definition) is 4. The quantitative estimate of drug-likeness (QED) is 0.486. The molecule has 0 fully saturated rings. The lowest BCUT2D eigenvalue weighted by atomic mass is 9.99. The van der Waals surface area contributed by atoms with Gasteiger partial charge in [0.1, 0.15) is 0 Å². The van der Waals surface area contributed by atoms with Crippen LogP contribution in [0.25, 0.3) is 0 Å². The third kappa shape index (κ3) is 3.41. The third-order valence-corrected chi connectivity index (χ3v) is 3.89. The molecule has 1 aromatic carbocycles. The Hall–Kier alpha value is -1.68. The van der Waals surface area contributed by atoms with Crippen LogP contribution >= 0.6 is 11.8 Å². The molecule has 0 N–H and O–H groups in total. The van der Waals surface area contributed by atoms with Gasteiger partial charge in [0, 0.05) is 18.0 Å². The molecule has 0 aliphatic rings. The van der Waals surface area contributed by atoms with Gasteiger partial charge in [0.15, 0.2) is 10.9 Å². The summed E-state index contributed by atoms with van der Waals surface area (Å²) in [6.07, 6.45) is 3.36. The molecule has 0 saturated carbocycles. The zero-order valence-electron chi connectivity index (χ0n) is 11.3. The van der Waals surface area contributed by atoms with Crippen molar-refractivity contribution in [3.05, 3.63) is 52.8 Å². The Morgan fingerprint density at radius 3 is 2.37 bits per heavy atom. The topological polar surface area (TPSA) is 42.9 Å². The van der Waals surface area contributed by atoms with Gasteiger partial charge < -0.3 is 0 Å². The molecule has 0 bridgehead atoms. The Labute approximate surface area is 117 Å². The standard InChI is InChI=1S/C15H16N2OS/c1-10-7-12(3)13(8-11(10)2)14(18)9-19-15-16-5-4-6-17-15/h4-8H,9H2,1-3H3. The Morgan fingerprint density at radius 1 is 1.05 bits per heavy atom. The first-order valence-electron chi connectivity index (χ1n) is 6.09. The molecule has 0 atom stereocenters. The van der Waals surface area contributed by atoms with Gasteiger partial charge in [0.2, 0.25) is 0 Å². The molecule has 19 heavy (non-hydrogen) atoms. The Bertz CT molecular complexity index is 597. The van der Waals surface area contributed by atoms with E-state index in [4.69, 9.17) is 0 Å². The number of carbonyl (C=O) groups excluding carboxylic acids is 1. The molecule has 0 amide bonds. The van der Waals surface area contributed by atoms with Gasteiger partial charge in [-0.3, -0.25) is 4.79 Å². The predicted molar refractivity (Wildman–Crippen MR) is 77.7 cm³/mol. The number of nitrogens with zero attached hydrogens (tertiary/aromatic N) is 2. The molecule has 4 heteroatoms. The van der Waals surface area contributed by atoms with Crippen molar-refractivity contribution in [2.45, 2.75) is 25.9 Å². The summed E-state index contributed by atoms with van der Waals surface area (Å²) in [5, 5.41) is 0.636. The zero-order valence-corrected chi connectivity index (χ0v) is 12.1. The Kier molecular flexibility index (Phi) is 4.32. The number of aryl methyl sites for hydroxylation is 3. The van der Waals surface area contributed by atoms with Crippen LogP contribution in [0.15, 0.2) is 35.7 Å². The number of Topliss-reactive ketones (excluding diaryl/α,β-unsaturated/α-hetero) is 1. The second-order valence-corrected chi connectivity index (χ2v) is 5.44. The molecule has 0 aliphatic carbocycles. The fourth-order valence-electron chi connectivity index (χ4n) is 1.83. The van der Waals surface area contributed by atoms with Crippen molar-refractivity contribution in [2.75, 3.05) is 5.75 Å². The summed E-state index contributed by atoms with van der Waals surface area (Å²) in [6, 6.07) is 5.80. The van der Waals surface area contributed by atoms with Crippen LogP contribution < -0.4 is 0 Å². The summed E-state index contributed by atoms with van der Waals surface area (Å²) in [5.41, 5.74) is 4.19. The fourth-order valence-corrected chi connectivity index (χ4v) is 2.52. The molecule has 0 unspecified atom stereocenters. The van der Waals surface area contributed by atoms with Crippen LogP contribution in [0.4, 0.5) is 0 Å². The highest BCUT2D eigenvalue weighted by Crippen LogP contribution is 2.19. The van der Waals surface area contributed by atoms with E-state index in [2.05, 4.69) is 23.0 Å². The molecule has 0 saturated heterocycles. The maximum atomic E-state index is 12.2. The number of ketones is 1. The van der Waals surface area contributed by atoms with Gasteiger partial charge in [-0.15, -0.1) is 0 Å². The van der Waals surface area contributed by atoms with Crippen LogP contribution in [0.2, 0.25) is 0 Å². The molecular formula is C15H16N2OS. The number of rotatable bonds is 4. The first-order valence-corrected chi connectivity index (χ1v) is 7.07. The molecule has 98 valence electrons. The lowest BCUT2D eigenvalue weighted by Crippen LogP contribution is -2.06. The maximum Gasteiger partial charge on any atom is 0.187 e. The Balaban J connectivity index is 2.10. The molecule has 2 aromatic rings. The zero-order chi connectivity index (χ0) is 13.8. The predicted octanol–water partition coefficient (Wildman–Crippen LogP) is 3.38. The van der Waals surface area contributed by atoms with Crippen molar-refractivity contribution in [3.8, 4) is 0 Å². The molecular weight excluding hydrogens is 256 g/mol. The van der Waals surface area contributed by atoms with Gasteiger partial charge in [-0.2, -0.15) is 0 Å². The maximum absolute atomic E-state index is 12.2. The monoisotopic (exact) mass is 272 g/mol. The van der Waals surface area contributed by atoms with Crippen molar-refractivity contribution in [2.24, 2.45) is 0 Å². The number of hydrogen-bond donors (Lipinski definition) is 0. The minimum absolute atomic E-state index is 0.123. The molecule has 2 rings (SSSR count). The fraction of sp³-hybridized carbons (Fsp3) is 0.267. The van der Waals surface area contributed by atoms with E-state index in [1.807, 2.05) is 19.9 Å². The lowest BCUT2D eigenvalue weighted by molar-refractivity contribution is 0.102. The second-order valence-electron chi connectivity index (χ2n) is 4.49. The van der Waals surface area contributed by atoms with Gasteiger partial charge in [0.25, 0.3) is 0 Å². The number of thioether (sulfide) groups is 1. The van der Waals surface area contributed by atoms with E-state index in [1.54, 1.807) is 18.5 Å². The van der Waals surface area contributed by atoms with Crippen LogP contribution in [0, 0.1) is 20.8 Å². The van der Waals surface area contributed by atoms with E-state index in [1.165, 1.54) is 17.3 Å². The minimum atomic E-state index is 0.123. The van der Waals surface area contributed by atoms with Crippen LogP contribution in [0.3, 0.4) is 0 Å². The summed E-state index contributed by atoms with van der Waals surface area (Å²) in [7, 11) is 0. The van der Waals surface area contributed by atoms with Gasteiger partial charge in [-0.05, 0) is 49.6 Å². The van der Waals surface area contributed by atoms with Crippen LogP contribution in [-0.2, 0) is 0 Å². The van der Waals surface area contributed by atoms with Gasteiger partial charge in [-0.1, -0.05) is 17.8 Å². The van der Waals surface area contributed by atoms with E-state index in [-0.39, 0.29) is 5.78 Å². The van der Waals surface area contributed by atoms with Gasteiger partial charge in [0.05, 0.1) is 5.75 Å². The molecule has 1 heterocycles. The van der Waals surface area contributed by atoms with Crippen molar-refractivity contribution < 1.29 is 4.79 Å². The summed E-state index contributed by atoms with van der Waals surface area (Å²) >= 11 is 1.37. The highest BCUT2D eigenvalue weighted by Gasteiger charge is 2.11. The highest BCUT2D eigenvalue weighted by atomic mass is 32.2. The average molecular weight is 272 g/mol. The molecule has 3 nitrogen and oxygen atoms in total. The Morgan fingerprint density at radius 2 is 1.68 bits per heavy atom. The first-order chi connectivity index (χ1) is 9.08. The molecule has 1 aromatic heterocycles. The van der Waals surface area contributed by atoms with Crippen molar-refractivity contribution in [3.63, 3.8) is 0 Å². The lowest BCUT2D eigenvalue weighted by Gasteiger charge is -2.08. The van der Waals surface area contributed by atoms with Crippen LogP contribution in [-0.4, -0.2) is 21.5 Å². The van der Waals surface area contributed by atoms with E-state index >= 15 is 0 Å². The van der Waals surface area contributed by atoms with Gasteiger partial charge in [-0.25, -0.2) is 9.97 Å². The average Bonchev–Trinajstić information content (AvgIpc) is 2.41. The number of benzene rings is 1. The number of aromatic nitrogens is 2. The largest absolute Gasteiger partial charge is 0.293 e. The van der Waals surface area contributed by atoms with Crippen LogP contribution in [0.5, 0.6) is 0 Å². The molecule has 0 radical (unpaired) electrons. The normalized spacial score (nSPS) is 10.5. The van der Waals surface area contributed by atoms with Crippen molar-refractivity contribution in [1.29, 1.82) is 0 Å². The molecule has 0 spiro atoms. The summed E-state index contributed by atoms with van der Waals surface area (Å²) in [4.78, 5) is 20.4. The van der Waals surface area contributed by atoms with E-state index < -0.39 is 0 Å². The van der Waals surface area contributed by atoms with Crippen LogP contribution in [0.1, 0.15) is 27.0 Å². The summed E-state index contributed by atoms with van der Waals surface area (Å²) in [5.74, 6) is 0.492. The smallest absolute Gasteiger partial charge is 0.187 e. The van der Waals surface area contributed by atoms with E-state index in [0.29, 0.717) is 10.9 Å². The third-order valence-electron chi connectivity index (χ3n) is 3.02. The highest BCUT2D eigenvalue weighted by molar-refractivity contribution is 7.99. The summed E-state index contributed by atoms with van der Waals surface area (Å²) < 4.78 is 0. The van der Waals surface area contributed by atoms with E-state index in [9.17, 15) is 4.79 Å². The minimum Gasteiger partial charge on any atom is -0.293 e. The van der Waals surface area contributed by atoms with Crippen molar-refractivity contribution >= 4 is 17.5 Å². The SMILES string of the molecule is Cc1cc(C)c(C(=O)CSc2ncccn2)cc1C. The van der Waals surface area contributed by atoms with Crippen molar-refractivity contribution in [1.82, 2.24) is 9.97 Å². The second kappa shape index (κ2) is 5.97. The summed E-state index contributed by atoms with van der Waals surface area (Å²) in [6.45, 7) is 6.06. The first kappa shape index (κ1) is 13.7. The van der Waals surface area contributed by atoms with E-state index in [0.717, 1.165) is 16.7 Å². The number of carbonyl (C=O) groups is 1. The van der Waals surface area contributed by atoms with Gasteiger partial charge >= 0.3 is 0 Å². The molecule has 0 aliphatic heterocycles.